The first-order valence-electron chi connectivity index (χ1n) is 9.84. The Hall–Kier alpha value is -3.34. The summed E-state index contributed by atoms with van der Waals surface area (Å²) in [4.78, 5) is 36.3. The van der Waals surface area contributed by atoms with Crippen LogP contribution in [0, 0.1) is 10.1 Å². The van der Waals surface area contributed by atoms with Crippen molar-refractivity contribution in [1.82, 2.24) is 0 Å². The smallest absolute Gasteiger partial charge is 0.387 e. The predicted octanol–water partition coefficient (Wildman–Crippen LogP) is 4.97. The summed E-state index contributed by atoms with van der Waals surface area (Å²) in [6, 6.07) is 3.08. The van der Waals surface area contributed by atoms with Crippen molar-refractivity contribution in [2.45, 2.75) is 39.2 Å². The summed E-state index contributed by atoms with van der Waals surface area (Å²) in [6.45, 7) is -1.26. The van der Waals surface area contributed by atoms with Gasteiger partial charge in [0.15, 0.2) is 0 Å². The van der Waals surface area contributed by atoms with E-state index in [1.54, 1.807) is 6.92 Å². The molecule has 0 atom stereocenters. The first-order valence-corrected chi connectivity index (χ1v) is 10.7. The second-order valence-electron chi connectivity index (χ2n) is 6.82. The highest BCUT2D eigenvalue weighted by Crippen LogP contribution is 2.38. The molecule has 0 spiro atoms. The summed E-state index contributed by atoms with van der Waals surface area (Å²) >= 11 is 1.30. The summed E-state index contributed by atoms with van der Waals surface area (Å²) < 4.78 is 34.8. The van der Waals surface area contributed by atoms with E-state index in [-0.39, 0.29) is 23.6 Å². The zero-order valence-corrected chi connectivity index (χ0v) is 17.9. The van der Waals surface area contributed by atoms with Gasteiger partial charge >= 0.3 is 12.6 Å². The molecule has 1 amide bonds. The zero-order valence-electron chi connectivity index (χ0n) is 17.1. The molecule has 1 heterocycles. The van der Waals surface area contributed by atoms with E-state index in [1.165, 1.54) is 11.3 Å². The van der Waals surface area contributed by atoms with Crippen molar-refractivity contribution in [3.05, 3.63) is 56.0 Å². The molecule has 0 saturated carbocycles. The third-order valence-electron chi connectivity index (χ3n) is 4.72. The topological polar surface area (TPSA) is 108 Å². The molecule has 0 unspecified atom stereocenters. The van der Waals surface area contributed by atoms with Crippen LogP contribution in [-0.4, -0.2) is 30.0 Å². The number of rotatable bonds is 8. The minimum absolute atomic E-state index is 0.0641. The Kier molecular flexibility index (Phi) is 7.52. The summed E-state index contributed by atoms with van der Waals surface area (Å²) in [5, 5.41) is 14.0. The van der Waals surface area contributed by atoms with Gasteiger partial charge in [0.25, 0.3) is 5.69 Å². The van der Waals surface area contributed by atoms with Crippen LogP contribution in [0.5, 0.6) is 5.75 Å². The molecule has 1 aliphatic carbocycles. The van der Waals surface area contributed by atoms with Crippen LogP contribution < -0.4 is 10.1 Å². The average molecular weight is 466 g/mol. The molecule has 1 N–H and O–H groups in total. The van der Waals surface area contributed by atoms with E-state index in [1.807, 2.05) is 0 Å². The lowest BCUT2D eigenvalue weighted by Gasteiger charge is -2.12. The van der Waals surface area contributed by atoms with Crippen molar-refractivity contribution in [2.24, 2.45) is 0 Å². The number of nitrogens with zero attached hydrogens (tertiary/aromatic N) is 1. The van der Waals surface area contributed by atoms with Crippen LogP contribution in [-0.2, 0) is 22.4 Å². The first-order chi connectivity index (χ1) is 15.3. The Morgan fingerprint density at radius 2 is 2.06 bits per heavy atom. The fourth-order valence-electron chi connectivity index (χ4n) is 3.38. The fraction of sp³-hybridized carbons (Fsp3) is 0.333. The van der Waals surface area contributed by atoms with Crippen LogP contribution in [0.4, 0.5) is 19.5 Å². The van der Waals surface area contributed by atoms with Crippen LogP contribution in [0.25, 0.3) is 6.08 Å². The number of fused-ring (bicyclic) bond motifs is 1. The highest BCUT2D eigenvalue weighted by atomic mass is 32.1. The summed E-state index contributed by atoms with van der Waals surface area (Å²) in [5.74, 6) is -1.46. The van der Waals surface area contributed by atoms with E-state index >= 15 is 0 Å². The number of ether oxygens (including phenoxy) is 2. The molecule has 8 nitrogen and oxygen atoms in total. The third-order valence-corrected chi connectivity index (χ3v) is 5.93. The number of amides is 1. The first kappa shape index (κ1) is 23.3. The van der Waals surface area contributed by atoms with E-state index in [0.29, 0.717) is 17.0 Å². The van der Waals surface area contributed by atoms with Gasteiger partial charge in [-0.25, -0.2) is 4.79 Å². The second kappa shape index (κ2) is 10.3. The molecule has 0 aliphatic heterocycles. The van der Waals surface area contributed by atoms with Crippen molar-refractivity contribution in [2.75, 3.05) is 11.9 Å². The normalized spacial score (nSPS) is 13.1. The van der Waals surface area contributed by atoms with Crippen LogP contribution in [0.1, 0.15) is 46.1 Å². The quantitative estimate of drug-likeness (QED) is 0.255. The van der Waals surface area contributed by atoms with Gasteiger partial charge < -0.3 is 14.8 Å². The maximum atomic E-state index is 12.6. The van der Waals surface area contributed by atoms with Crippen molar-refractivity contribution in [3.63, 3.8) is 0 Å². The number of nitrogens with one attached hydrogen (secondary N) is 1. The van der Waals surface area contributed by atoms with Gasteiger partial charge in [-0.15, -0.1) is 11.3 Å². The van der Waals surface area contributed by atoms with E-state index in [9.17, 15) is 28.5 Å². The number of anilines is 1. The lowest BCUT2D eigenvalue weighted by atomic mass is 9.95. The number of non-ortho nitro benzene ring substituents is 1. The average Bonchev–Trinajstić information content (AvgIpc) is 3.10. The highest BCUT2D eigenvalue weighted by Gasteiger charge is 2.27. The molecule has 0 fully saturated rings. The number of aryl methyl sites for hydroxylation is 1. The molecular weight excluding hydrogens is 446 g/mol. The maximum absolute atomic E-state index is 12.6. The fourth-order valence-corrected chi connectivity index (χ4v) is 4.66. The molecule has 0 bridgehead atoms. The Morgan fingerprint density at radius 3 is 2.75 bits per heavy atom. The Bertz CT molecular complexity index is 1070. The third kappa shape index (κ3) is 5.47. The van der Waals surface area contributed by atoms with E-state index in [0.717, 1.165) is 60.1 Å². The van der Waals surface area contributed by atoms with Gasteiger partial charge in [-0.3, -0.25) is 14.9 Å². The number of halogens is 2. The highest BCUT2D eigenvalue weighted by molar-refractivity contribution is 7.17. The van der Waals surface area contributed by atoms with Gasteiger partial charge in [-0.2, -0.15) is 8.78 Å². The van der Waals surface area contributed by atoms with E-state index in [4.69, 9.17) is 4.74 Å². The minimum Gasteiger partial charge on any atom is -0.462 e. The van der Waals surface area contributed by atoms with Crippen LogP contribution >= 0.6 is 11.3 Å². The molecular formula is C21H20F2N2O6S. The molecule has 170 valence electrons. The summed E-state index contributed by atoms with van der Waals surface area (Å²) in [6.07, 6.45) is 5.61. The summed E-state index contributed by atoms with van der Waals surface area (Å²) in [5.41, 5.74) is 0.809. The molecule has 3 rings (SSSR count). The predicted molar refractivity (Wildman–Crippen MR) is 114 cm³/mol. The maximum Gasteiger partial charge on any atom is 0.387 e. The van der Waals surface area contributed by atoms with Gasteiger partial charge in [0.05, 0.1) is 17.1 Å². The van der Waals surface area contributed by atoms with Gasteiger partial charge in [-0.05, 0) is 50.3 Å². The Labute approximate surface area is 186 Å². The van der Waals surface area contributed by atoms with Crippen molar-refractivity contribution >= 4 is 40.0 Å². The number of nitro groups is 1. The van der Waals surface area contributed by atoms with Gasteiger partial charge in [0.2, 0.25) is 5.91 Å². The number of hydrogen-bond donors (Lipinski definition) is 1. The second-order valence-corrected chi connectivity index (χ2v) is 7.92. The van der Waals surface area contributed by atoms with Crippen molar-refractivity contribution < 1.29 is 32.8 Å². The molecule has 0 radical (unpaired) electrons. The molecule has 32 heavy (non-hydrogen) atoms. The zero-order chi connectivity index (χ0) is 23.3. The largest absolute Gasteiger partial charge is 0.462 e. The number of carbonyl (C=O) groups excluding carboxylic acids is 2. The molecule has 1 aromatic carbocycles. The number of hydrogen-bond acceptors (Lipinski definition) is 7. The van der Waals surface area contributed by atoms with E-state index < -0.39 is 23.4 Å². The number of esters is 1. The van der Waals surface area contributed by atoms with E-state index in [2.05, 4.69) is 10.1 Å². The molecule has 1 aliphatic rings. The number of thiophene rings is 1. The van der Waals surface area contributed by atoms with Crippen molar-refractivity contribution in [3.8, 4) is 5.75 Å². The number of benzene rings is 1. The lowest BCUT2D eigenvalue weighted by molar-refractivity contribution is -0.384. The van der Waals surface area contributed by atoms with Crippen LogP contribution in [0.3, 0.4) is 0 Å². The number of alkyl halides is 2. The number of carbonyl (C=O) groups is 2. The van der Waals surface area contributed by atoms with Crippen molar-refractivity contribution in [1.29, 1.82) is 0 Å². The molecule has 2 aromatic rings. The Morgan fingerprint density at radius 1 is 1.31 bits per heavy atom. The molecule has 0 saturated heterocycles. The Balaban J connectivity index is 1.86. The molecule has 11 heteroatoms. The standard InChI is InChI=1S/C21H20F2N2O6S/c1-2-30-20(27)18-14-5-3-4-6-16(14)32-19(18)24-17(26)10-7-12-11-13(25(28)29)8-9-15(12)31-21(22)23/h7-11,21H,2-6H2,1H3,(H,24,26). The monoisotopic (exact) mass is 466 g/mol. The van der Waals surface area contributed by atoms with Crippen LogP contribution in [0.15, 0.2) is 24.3 Å². The lowest BCUT2D eigenvalue weighted by Crippen LogP contribution is -2.14. The minimum atomic E-state index is -3.14. The van der Waals surface area contributed by atoms with Gasteiger partial charge in [0, 0.05) is 28.6 Å². The molecule has 1 aromatic heterocycles. The van der Waals surface area contributed by atoms with Crippen LogP contribution in [0.2, 0.25) is 0 Å². The van der Waals surface area contributed by atoms with Gasteiger partial charge in [0.1, 0.15) is 10.8 Å². The summed E-state index contributed by atoms with van der Waals surface area (Å²) in [7, 11) is 0. The number of nitro benzene ring substituents is 1. The van der Waals surface area contributed by atoms with Gasteiger partial charge in [-0.1, -0.05) is 0 Å². The SMILES string of the molecule is CCOC(=O)c1c(NC(=O)C=Cc2cc([N+](=O)[O-])ccc2OC(F)F)sc2c1CCCC2.